The van der Waals surface area contributed by atoms with E-state index in [1.807, 2.05) is 19.2 Å². The third-order valence-corrected chi connectivity index (χ3v) is 7.18. The SMILES string of the molecule is CCOCC1(CCc2ccc(C#N)s2)CCN(C(C)(C)c2ccc(C)nc2)C1. The van der Waals surface area contributed by atoms with Crippen molar-refractivity contribution < 1.29 is 4.74 Å². The second kappa shape index (κ2) is 8.73. The Kier molecular flexibility index (Phi) is 6.54. The van der Waals surface area contributed by atoms with E-state index >= 15 is 0 Å². The molecule has 0 radical (unpaired) electrons. The Morgan fingerprint density at radius 2 is 2.14 bits per heavy atom. The van der Waals surface area contributed by atoms with Gasteiger partial charge in [0.2, 0.25) is 0 Å². The summed E-state index contributed by atoms with van der Waals surface area (Å²) in [6, 6.07) is 10.6. The summed E-state index contributed by atoms with van der Waals surface area (Å²) >= 11 is 1.62. The number of thiophene rings is 1. The number of rotatable bonds is 8. The van der Waals surface area contributed by atoms with Gasteiger partial charge in [-0.05, 0) is 77.3 Å². The Morgan fingerprint density at radius 1 is 1.32 bits per heavy atom. The molecule has 28 heavy (non-hydrogen) atoms. The maximum Gasteiger partial charge on any atom is 0.110 e. The Balaban J connectivity index is 1.73. The first kappa shape index (κ1) is 21.0. The molecule has 0 saturated carbocycles. The monoisotopic (exact) mass is 397 g/mol. The molecule has 3 rings (SSSR count). The van der Waals surface area contributed by atoms with Crippen molar-refractivity contribution in [3.05, 3.63) is 51.5 Å². The lowest BCUT2D eigenvalue weighted by Crippen LogP contribution is -2.42. The second-order valence-corrected chi connectivity index (χ2v) is 9.60. The number of aryl methyl sites for hydroxylation is 2. The first-order valence-electron chi connectivity index (χ1n) is 10.1. The molecule has 0 amide bonds. The average molecular weight is 398 g/mol. The lowest BCUT2D eigenvalue weighted by Gasteiger charge is -2.38. The van der Waals surface area contributed by atoms with Crippen molar-refractivity contribution in [2.45, 2.75) is 52.5 Å². The smallest absolute Gasteiger partial charge is 0.110 e. The molecular formula is C23H31N3OS. The normalized spacial score (nSPS) is 20.4. The maximum atomic E-state index is 9.08. The topological polar surface area (TPSA) is 49.1 Å². The standard InChI is InChI=1S/C23H31N3OS/c1-5-27-17-23(11-10-20-8-9-21(14-24)28-20)12-13-26(16-23)22(3,4)19-7-6-18(2)25-15-19/h6-9,15H,5,10-13,16-17H2,1-4H3. The quantitative estimate of drug-likeness (QED) is 0.634. The molecule has 1 unspecified atom stereocenters. The van der Waals surface area contributed by atoms with E-state index in [2.05, 4.69) is 54.9 Å². The second-order valence-electron chi connectivity index (χ2n) is 8.43. The number of likely N-dealkylation sites (tertiary alicyclic amines) is 1. The van der Waals surface area contributed by atoms with Crippen molar-refractivity contribution in [3.8, 4) is 6.07 Å². The molecule has 1 saturated heterocycles. The third kappa shape index (κ3) is 4.63. The zero-order chi connectivity index (χ0) is 20.2. The van der Waals surface area contributed by atoms with Crippen LogP contribution < -0.4 is 0 Å². The number of nitrogens with zero attached hydrogens (tertiary/aromatic N) is 3. The number of ether oxygens (including phenoxy) is 1. The highest BCUT2D eigenvalue weighted by Gasteiger charge is 2.43. The largest absolute Gasteiger partial charge is 0.381 e. The van der Waals surface area contributed by atoms with Gasteiger partial charge in [0.05, 0.1) is 6.61 Å². The summed E-state index contributed by atoms with van der Waals surface area (Å²) < 4.78 is 5.93. The molecule has 1 fully saturated rings. The van der Waals surface area contributed by atoms with Crippen LogP contribution in [0.3, 0.4) is 0 Å². The molecule has 0 aromatic carbocycles. The highest BCUT2D eigenvalue weighted by atomic mass is 32.1. The van der Waals surface area contributed by atoms with Gasteiger partial charge in [0, 0.05) is 40.9 Å². The van der Waals surface area contributed by atoms with Crippen LogP contribution in [0.1, 0.15) is 54.6 Å². The van der Waals surface area contributed by atoms with Crippen LogP contribution >= 0.6 is 11.3 Å². The molecule has 1 aliphatic heterocycles. The van der Waals surface area contributed by atoms with Crippen LogP contribution in [0.15, 0.2) is 30.5 Å². The van der Waals surface area contributed by atoms with Gasteiger partial charge in [0.25, 0.3) is 0 Å². The van der Waals surface area contributed by atoms with Crippen LogP contribution in [-0.2, 0) is 16.7 Å². The fourth-order valence-electron chi connectivity index (χ4n) is 4.10. The molecule has 3 heterocycles. The number of nitriles is 1. The first-order chi connectivity index (χ1) is 13.4. The van der Waals surface area contributed by atoms with Crippen LogP contribution in [0.4, 0.5) is 0 Å². The van der Waals surface area contributed by atoms with Gasteiger partial charge in [0.15, 0.2) is 0 Å². The van der Waals surface area contributed by atoms with Gasteiger partial charge in [-0.2, -0.15) is 5.26 Å². The Hall–Kier alpha value is -1.74. The molecule has 1 aliphatic rings. The van der Waals surface area contributed by atoms with E-state index in [1.165, 1.54) is 10.4 Å². The zero-order valence-corrected chi connectivity index (χ0v) is 18.3. The van der Waals surface area contributed by atoms with E-state index in [-0.39, 0.29) is 11.0 Å². The summed E-state index contributed by atoms with van der Waals surface area (Å²) in [5.74, 6) is 0. The maximum absolute atomic E-state index is 9.08. The summed E-state index contributed by atoms with van der Waals surface area (Å²) in [6.45, 7) is 12.4. The lowest BCUT2D eigenvalue weighted by molar-refractivity contribution is 0.0386. The fourth-order valence-corrected chi connectivity index (χ4v) is 4.90. The summed E-state index contributed by atoms with van der Waals surface area (Å²) in [7, 11) is 0. The molecule has 2 aromatic heterocycles. The van der Waals surface area contributed by atoms with Gasteiger partial charge in [-0.1, -0.05) is 6.07 Å². The van der Waals surface area contributed by atoms with Crippen molar-refractivity contribution in [2.75, 3.05) is 26.3 Å². The predicted octanol–water partition coefficient (Wildman–Crippen LogP) is 4.92. The van der Waals surface area contributed by atoms with Crippen molar-refractivity contribution in [1.82, 2.24) is 9.88 Å². The number of hydrogen-bond acceptors (Lipinski definition) is 5. The van der Waals surface area contributed by atoms with Crippen molar-refractivity contribution >= 4 is 11.3 Å². The minimum Gasteiger partial charge on any atom is -0.381 e. The highest BCUT2D eigenvalue weighted by molar-refractivity contribution is 7.12. The highest BCUT2D eigenvalue weighted by Crippen LogP contribution is 2.42. The number of hydrogen-bond donors (Lipinski definition) is 0. The minimum atomic E-state index is -0.0500. The van der Waals surface area contributed by atoms with Gasteiger partial charge in [-0.15, -0.1) is 11.3 Å². The fraction of sp³-hybridized carbons (Fsp3) is 0.565. The molecule has 1 atom stereocenters. The molecule has 0 aliphatic carbocycles. The van der Waals surface area contributed by atoms with Crippen molar-refractivity contribution in [3.63, 3.8) is 0 Å². The van der Waals surface area contributed by atoms with Gasteiger partial charge >= 0.3 is 0 Å². The molecule has 4 nitrogen and oxygen atoms in total. The van der Waals surface area contributed by atoms with Gasteiger partial charge < -0.3 is 4.74 Å². The Labute approximate surface area is 173 Å². The molecule has 0 spiro atoms. The molecule has 5 heteroatoms. The molecule has 150 valence electrons. The summed E-state index contributed by atoms with van der Waals surface area (Å²) in [4.78, 5) is 9.20. The third-order valence-electron chi connectivity index (χ3n) is 6.13. The van der Waals surface area contributed by atoms with E-state index in [1.54, 1.807) is 11.3 Å². The van der Waals surface area contributed by atoms with E-state index in [9.17, 15) is 0 Å². The van der Waals surface area contributed by atoms with E-state index in [0.717, 1.165) is 56.1 Å². The van der Waals surface area contributed by atoms with Crippen LogP contribution in [0.2, 0.25) is 0 Å². The zero-order valence-electron chi connectivity index (χ0n) is 17.5. The van der Waals surface area contributed by atoms with Crippen LogP contribution in [-0.4, -0.2) is 36.2 Å². The average Bonchev–Trinajstić information content (AvgIpc) is 3.33. The Morgan fingerprint density at radius 3 is 2.79 bits per heavy atom. The summed E-state index contributed by atoms with van der Waals surface area (Å²) in [5.41, 5.74) is 2.44. The predicted molar refractivity (Wildman–Crippen MR) is 114 cm³/mol. The lowest BCUT2D eigenvalue weighted by atomic mass is 9.82. The summed E-state index contributed by atoms with van der Waals surface area (Å²) in [6.07, 6.45) is 5.27. The van der Waals surface area contributed by atoms with E-state index in [4.69, 9.17) is 10.00 Å². The van der Waals surface area contributed by atoms with Gasteiger partial charge in [-0.25, -0.2) is 0 Å². The summed E-state index contributed by atoms with van der Waals surface area (Å²) in [5, 5.41) is 9.08. The Bertz CT molecular complexity index is 821. The van der Waals surface area contributed by atoms with Crippen LogP contribution in [0.5, 0.6) is 0 Å². The molecule has 0 N–H and O–H groups in total. The van der Waals surface area contributed by atoms with E-state index in [0.29, 0.717) is 0 Å². The first-order valence-corrected chi connectivity index (χ1v) is 10.9. The minimum absolute atomic E-state index is 0.0500. The molecule has 2 aromatic rings. The number of aromatic nitrogens is 1. The van der Waals surface area contributed by atoms with Gasteiger partial charge in [0.1, 0.15) is 10.9 Å². The van der Waals surface area contributed by atoms with Gasteiger partial charge in [-0.3, -0.25) is 9.88 Å². The van der Waals surface area contributed by atoms with E-state index < -0.39 is 0 Å². The van der Waals surface area contributed by atoms with Crippen LogP contribution in [0.25, 0.3) is 0 Å². The van der Waals surface area contributed by atoms with Crippen molar-refractivity contribution in [2.24, 2.45) is 5.41 Å². The van der Waals surface area contributed by atoms with Crippen molar-refractivity contribution in [1.29, 1.82) is 5.26 Å². The molecular weight excluding hydrogens is 366 g/mol. The van der Waals surface area contributed by atoms with Crippen LogP contribution in [0, 0.1) is 23.7 Å². The molecule has 0 bridgehead atoms. The number of pyridine rings is 1.